The van der Waals surface area contributed by atoms with Crippen LogP contribution in [-0.4, -0.2) is 49.2 Å². The molecular formula is C25H26N4O4. The topological polar surface area (TPSA) is 93.7 Å². The van der Waals surface area contributed by atoms with E-state index in [4.69, 9.17) is 9.47 Å². The molecule has 1 fully saturated rings. The minimum atomic E-state index is -0.408. The number of hydrogen-bond donors (Lipinski definition) is 1. The number of ether oxygens (including phenoxy) is 2. The Kier molecular flexibility index (Phi) is 6.83. The van der Waals surface area contributed by atoms with Gasteiger partial charge in [0.2, 0.25) is 5.91 Å². The first-order chi connectivity index (χ1) is 16.1. The van der Waals surface area contributed by atoms with Gasteiger partial charge in [0.1, 0.15) is 17.9 Å². The molecule has 1 aromatic heterocycles. The number of piperidine rings is 1. The molecule has 33 heavy (non-hydrogen) atoms. The minimum absolute atomic E-state index is 0.0463. The summed E-state index contributed by atoms with van der Waals surface area (Å²) in [5.74, 6) is 0.969. The van der Waals surface area contributed by atoms with E-state index in [2.05, 4.69) is 20.2 Å². The first kappa shape index (κ1) is 22.3. The average Bonchev–Trinajstić information content (AvgIpc) is 2.89. The van der Waals surface area contributed by atoms with E-state index in [1.54, 1.807) is 37.7 Å². The van der Waals surface area contributed by atoms with Gasteiger partial charge >= 0.3 is 5.97 Å². The molecule has 8 nitrogen and oxygen atoms in total. The normalized spacial score (nSPS) is 15.6. The van der Waals surface area contributed by atoms with E-state index >= 15 is 0 Å². The lowest BCUT2D eigenvalue weighted by molar-refractivity contribution is -0.120. The third-order valence-corrected chi connectivity index (χ3v) is 5.73. The molecule has 1 amide bonds. The molecule has 170 valence electrons. The van der Waals surface area contributed by atoms with Gasteiger partial charge in [0.25, 0.3) is 0 Å². The number of carbonyl (C=O) groups is 2. The second kappa shape index (κ2) is 10.1. The summed E-state index contributed by atoms with van der Waals surface area (Å²) in [4.78, 5) is 35.5. The van der Waals surface area contributed by atoms with Crippen LogP contribution in [0.2, 0.25) is 0 Å². The zero-order valence-electron chi connectivity index (χ0n) is 18.7. The van der Waals surface area contributed by atoms with Crippen molar-refractivity contribution in [2.24, 2.45) is 5.92 Å². The van der Waals surface area contributed by atoms with Crippen LogP contribution in [-0.2, 0) is 9.53 Å². The number of nitrogens with zero attached hydrogens (tertiary/aromatic N) is 3. The van der Waals surface area contributed by atoms with E-state index in [0.29, 0.717) is 17.8 Å². The summed E-state index contributed by atoms with van der Waals surface area (Å²) in [5.41, 5.74) is 2.88. The fourth-order valence-electron chi connectivity index (χ4n) is 3.89. The van der Waals surface area contributed by atoms with Gasteiger partial charge < -0.3 is 19.7 Å². The predicted octanol–water partition coefficient (Wildman–Crippen LogP) is 3.79. The molecule has 0 unspecified atom stereocenters. The van der Waals surface area contributed by atoms with E-state index < -0.39 is 5.97 Å². The van der Waals surface area contributed by atoms with Crippen molar-refractivity contribution < 1.29 is 19.1 Å². The molecule has 0 bridgehead atoms. The number of nitrogens with one attached hydrogen (secondary N) is 1. The van der Waals surface area contributed by atoms with Crippen molar-refractivity contribution in [3.8, 4) is 17.0 Å². The Balaban J connectivity index is 1.42. The molecule has 0 saturated carbocycles. The highest BCUT2D eigenvalue weighted by Crippen LogP contribution is 2.27. The van der Waals surface area contributed by atoms with Gasteiger partial charge in [0, 0.05) is 30.4 Å². The Labute approximate surface area is 192 Å². The van der Waals surface area contributed by atoms with Crippen molar-refractivity contribution in [1.29, 1.82) is 0 Å². The molecule has 0 spiro atoms. The smallest absolute Gasteiger partial charge is 0.337 e. The predicted molar refractivity (Wildman–Crippen MR) is 125 cm³/mol. The highest BCUT2D eigenvalue weighted by molar-refractivity contribution is 5.94. The second-order valence-electron chi connectivity index (χ2n) is 7.83. The van der Waals surface area contributed by atoms with E-state index in [1.165, 1.54) is 7.11 Å². The van der Waals surface area contributed by atoms with Gasteiger partial charge in [-0.1, -0.05) is 0 Å². The van der Waals surface area contributed by atoms with Crippen molar-refractivity contribution >= 4 is 23.4 Å². The van der Waals surface area contributed by atoms with Gasteiger partial charge in [0.05, 0.1) is 31.4 Å². The Morgan fingerprint density at radius 1 is 1.03 bits per heavy atom. The van der Waals surface area contributed by atoms with Crippen molar-refractivity contribution in [2.45, 2.75) is 12.8 Å². The average molecular weight is 447 g/mol. The van der Waals surface area contributed by atoms with Gasteiger partial charge in [-0.25, -0.2) is 14.8 Å². The highest BCUT2D eigenvalue weighted by Gasteiger charge is 2.27. The molecule has 1 atom stereocenters. The van der Waals surface area contributed by atoms with Gasteiger partial charge in [-0.15, -0.1) is 0 Å². The van der Waals surface area contributed by atoms with Crippen LogP contribution in [0, 0.1) is 5.92 Å². The molecule has 3 aromatic rings. The summed E-state index contributed by atoms with van der Waals surface area (Å²) in [6, 6.07) is 16.4. The maximum absolute atomic E-state index is 12.9. The summed E-state index contributed by atoms with van der Waals surface area (Å²) in [6.07, 6.45) is 3.25. The summed E-state index contributed by atoms with van der Waals surface area (Å²) in [6.45, 7) is 1.40. The lowest BCUT2D eigenvalue weighted by Crippen LogP contribution is -2.41. The molecule has 4 rings (SSSR count). The molecule has 2 heterocycles. The molecule has 0 radical (unpaired) electrons. The van der Waals surface area contributed by atoms with Crippen LogP contribution in [0.1, 0.15) is 23.2 Å². The summed E-state index contributed by atoms with van der Waals surface area (Å²) < 4.78 is 9.93. The summed E-state index contributed by atoms with van der Waals surface area (Å²) >= 11 is 0. The third kappa shape index (κ3) is 5.28. The molecule has 1 saturated heterocycles. The molecule has 1 aliphatic heterocycles. The number of carbonyl (C=O) groups excluding carboxylic acids is 2. The number of methoxy groups -OCH3 is 2. The number of hydrogen-bond acceptors (Lipinski definition) is 7. The van der Waals surface area contributed by atoms with Crippen molar-refractivity contribution in [2.75, 3.05) is 37.5 Å². The van der Waals surface area contributed by atoms with Crippen LogP contribution in [0.3, 0.4) is 0 Å². The van der Waals surface area contributed by atoms with E-state index in [0.717, 1.165) is 42.2 Å². The van der Waals surface area contributed by atoms with Gasteiger partial charge in [0.15, 0.2) is 0 Å². The number of rotatable bonds is 6. The first-order valence-electron chi connectivity index (χ1n) is 10.8. The van der Waals surface area contributed by atoms with Gasteiger partial charge in [-0.2, -0.15) is 0 Å². The van der Waals surface area contributed by atoms with E-state index in [9.17, 15) is 9.59 Å². The van der Waals surface area contributed by atoms with Crippen molar-refractivity contribution in [3.05, 3.63) is 66.5 Å². The monoisotopic (exact) mass is 446 g/mol. The molecular weight excluding hydrogens is 420 g/mol. The van der Waals surface area contributed by atoms with E-state index in [1.807, 2.05) is 30.3 Å². The number of esters is 1. The largest absolute Gasteiger partial charge is 0.497 e. The Morgan fingerprint density at radius 3 is 2.48 bits per heavy atom. The maximum atomic E-state index is 12.9. The quantitative estimate of drug-likeness (QED) is 0.576. The third-order valence-electron chi connectivity index (χ3n) is 5.73. The lowest BCUT2D eigenvalue weighted by Gasteiger charge is -2.33. The number of aromatic nitrogens is 2. The Bertz CT molecular complexity index is 1120. The first-order valence-corrected chi connectivity index (χ1v) is 10.8. The Hall–Kier alpha value is -3.94. The van der Waals surface area contributed by atoms with Gasteiger partial charge in [-0.3, -0.25) is 4.79 Å². The summed E-state index contributed by atoms with van der Waals surface area (Å²) in [7, 11) is 2.97. The van der Waals surface area contributed by atoms with Crippen molar-refractivity contribution in [1.82, 2.24) is 9.97 Å². The number of amides is 1. The molecule has 2 aromatic carbocycles. The van der Waals surface area contributed by atoms with Crippen LogP contribution in [0.25, 0.3) is 11.3 Å². The lowest BCUT2D eigenvalue weighted by atomic mass is 9.97. The zero-order chi connectivity index (χ0) is 23.2. The molecule has 8 heteroatoms. The molecule has 1 aliphatic rings. The van der Waals surface area contributed by atoms with Gasteiger partial charge in [-0.05, 0) is 61.4 Å². The summed E-state index contributed by atoms with van der Waals surface area (Å²) in [5, 5.41) is 2.95. The maximum Gasteiger partial charge on any atom is 0.337 e. The number of benzene rings is 2. The van der Waals surface area contributed by atoms with E-state index in [-0.39, 0.29) is 11.8 Å². The van der Waals surface area contributed by atoms with Crippen LogP contribution in [0.5, 0.6) is 5.75 Å². The molecule has 0 aliphatic carbocycles. The Morgan fingerprint density at radius 2 is 1.79 bits per heavy atom. The SMILES string of the molecule is COC(=O)c1ccc(NC(=O)[C@@H]2CCCN(c3cc(-c4ccc(OC)cc4)ncn3)C2)cc1. The van der Waals surface area contributed by atoms with Crippen LogP contribution in [0.4, 0.5) is 11.5 Å². The standard InChI is InChI=1S/C25H26N4O4/c1-32-21-11-7-17(8-12-21)22-14-23(27-16-26-22)29-13-3-4-19(15-29)24(30)28-20-9-5-18(6-10-20)25(31)33-2/h5-12,14,16,19H,3-4,13,15H2,1-2H3,(H,28,30)/t19-/m1/s1. The fraction of sp³-hybridized carbons (Fsp3) is 0.280. The van der Waals surface area contributed by atoms with Crippen molar-refractivity contribution in [3.63, 3.8) is 0 Å². The van der Waals surface area contributed by atoms with Crippen LogP contribution >= 0.6 is 0 Å². The van der Waals surface area contributed by atoms with Crippen LogP contribution in [0.15, 0.2) is 60.9 Å². The zero-order valence-corrected chi connectivity index (χ0v) is 18.7. The van der Waals surface area contributed by atoms with Crippen LogP contribution < -0.4 is 15.0 Å². The highest BCUT2D eigenvalue weighted by atomic mass is 16.5. The minimum Gasteiger partial charge on any atom is -0.497 e. The number of anilines is 2. The fourth-order valence-corrected chi connectivity index (χ4v) is 3.89. The molecule has 1 N–H and O–H groups in total. The second-order valence-corrected chi connectivity index (χ2v) is 7.83.